The third-order valence-corrected chi connectivity index (χ3v) is 7.04. The minimum atomic E-state index is -4.69. The van der Waals surface area contributed by atoms with Gasteiger partial charge in [0.25, 0.3) is 0 Å². The number of carbonyl (C=O) groups excluding carboxylic acids is 2. The zero-order chi connectivity index (χ0) is 25.2. The van der Waals surface area contributed by atoms with Crippen LogP contribution in [0.2, 0.25) is 0 Å². The summed E-state index contributed by atoms with van der Waals surface area (Å²) in [6.45, 7) is -0.916. The number of esters is 1. The summed E-state index contributed by atoms with van der Waals surface area (Å²) in [7, 11) is -4.27. The van der Waals surface area contributed by atoms with Gasteiger partial charge in [-0.3, -0.25) is 9.59 Å². The molecule has 0 saturated heterocycles. The molecule has 0 aromatic heterocycles. The molecule has 0 atom stereocenters. The molecule has 1 aliphatic carbocycles. The number of ketones is 1. The van der Waals surface area contributed by atoms with E-state index in [0.29, 0.717) is 11.6 Å². The molecule has 0 amide bonds. The molecule has 0 bridgehead atoms. The number of alkyl halides is 3. The molecule has 3 aromatic carbocycles. The van der Waals surface area contributed by atoms with Crippen molar-refractivity contribution < 1.29 is 35.9 Å². The molecule has 0 aliphatic heterocycles. The van der Waals surface area contributed by atoms with Gasteiger partial charge in [0, 0.05) is 12.1 Å². The highest BCUT2D eigenvalue weighted by Gasteiger charge is 2.31. The molecule has 3 aromatic rings. The van der Waals surface area contributed by atoms with Gasteiger partial charge in [-0.2, -0.15) is 13.2 Å². The van der Waals surface area contributed by atoms with Crippen LogP contribution in [0, 0.1) is 0 Å². The van der Waals surface area contributed by atoms with Gasteiger partial charge in [0.1, 0.15) is 0 Å². The van der Waals surface area contributed by atoms with E-state index in [-0.39, 0.29) is 0 Å². The van der Waals surface area contributed by atoms with Crippen molar-refractivity contribution in [3.63, 3.8) is 0 Å². The van der Waals surface area contributed by atoms with Gasteiger partial charge in [-0.05, 0) is 52.9 Å². The molecule has 0 heterocycles. The van der Waals surface area contributed by atoms with E-state index in [4.69, 9.17) is 4.74 Å². The minimum Gasteiger partial charge on any atom is -0.457 e. The Morgan fingerprint density at radius 1 is 0.914 bits per heavy atom. The summed E-state index contributed by atoms with van der Waals surface area (Å²) in [5, 5.41) is 0. The Morgan fingerprint density at radius 2 is 1.66 bits per heavy atom. The maximum Gasteiger partial charge on any atom is 0.416 e. The van der Waals surface area contributed by atoms with Gasteiger partial charge in [-0.1, -0.05) is 42.5 Å². The fraction of sp³-hybridized carbons (Fsp3) is 0.200. The second-order valence-corrected chi connectivity index (χ2v) is 9.73. The van der Waals surface area contributed by atoms with E-state index >= 15 is 0 Å². The van der Waals surface area contributed by atoms with Gasteiger partial charge < -0.3 is 4.74 Å². The Kier molecular flexibility index (Phi) is 6.77. The van der Waals surface area contributed by atoms with Crippen LogP contribution in [0.15, 0.2) is 71.6 Å². The average molecular weight is 503 g/mol. The Balaban J connectivity index is 1.29. The number of nitrogens with one attached hydrogen (secondary N) is 1. The van der Waals surface area contributed by atoms with Crippen molar-refractivity contribution in [3.8, 4) is 11.1 Å². The number of fused-ring (bicyclic) bond motifs is 3. The van der Waals surface area contributed by atoms with Gasteiger partial charge >= 0.3 is 12.1 Å². The number of Topliss-reactive ketones (excluding diaryl/α,β-unsaturated/α-hetero) is 1. The van der Waals surface area contributed by atoms with Crippen LogP contribution in [0.5, 0.6) is 0 Å². The number of ether oxygens (including phenoxy) is 1. The molecule has 182 valence electrons. The van der Waals surface area contributed by atoms with E-state index in [2.05, 4.69) is 4.72 Å². The maximum absolute atomic E-state index is 12.8. The first-order chi connectivity index (χ1) is 16.5. The van der Waals surface area contributed by atoms with E-state index < -0.39 is 58.0 Å². The number of sulfonamides is 1. The number of carbonyl (C=O) groups is 2. The lowest BCUT2D eigenvalue weighted by atomic mass is 10.0. The van der Waals surface area contributed by atoms with E-state index in [1.54, 1.807) is 12.1 Å². The molecule has 6 nitrogen and oxygen atoms in total. The maximum atomic E-state index is 12.8. The number of hydrogen-bond acceptors (Lipinski definition) is 5. The fourth-order valence-corrected chi connectivity index (χ4v) is 4.89. The Hall–Kier alpha value is -3.50. The first kappa shape index (κ1) is 24.6. The highest BCUT2D eigenvalue weighted by atomic mass is 32.2. The summed E-state index contributed by atoms with van der Waals surface area (Å²) in [5.74, 6) is -1.23. The van der Waals surface area contributed by atoms with E-state index in [1.165, 1.54) is 5.56 Å². The summed E-state index contributed by atoms with van der Waals surface area (Å²) in [6.07, 6.45) is -4.31. The summed E-state index contributed by atoms with van der Waals surface area (Å²) in [4.78, 5) is 23.9. The molecule has 4 rings (SSSR count). The van der Waals surface area contributed by atoms with Gasteiger partial charge in [0.2, 0.25) is 10.0 Å². The van der Waals surface area contributed by atoms with Crippen molar-refractivity contribution in [1.29, 1.82) is 0 Å². The quantitative estimate of drug-likeness (QED) is 0.285. The molecule has 0 saturated carbocycles. The first-order valence-corrected chi connectivity index (χ1v) is 12.1. The first-order valence-electron chi connectivity index (χ1n) is 10.6. The average Bonchev–Trinajstić information content (AvgIpc) is 3.20. The van der Waals surface area contributed by atoms with Gasteiger partial charge in [-0.15, -0.1) is 0 Å². The zero-order valence-electron chi connectivity index (χ0n) is 18.3. The number of hydrogen-bond donors (Lipinski definition) is 1. The second kappa shape index (κ2) is 9.63. The molecule has 0 radical (unpaired) electrons. The minimum absolute atomic E-state index is 0.388. The van der Waals surface area contributed by atoms with Crippen molar-refractivity contribution in [2.24, 2.45) is 0 Å². The van der Waals surface area contributed by atoms with Crippen LogP contribution in [-0.4, -0.2) is 33.3 Å². The van der Waals surface area contributed by atoms with Crippen molar-refractivity contribution in [2.45, 2.75) is 23.9 Å². The van der Waals surface area contributed by atoms with Gasteiger partial charge in [0.15, 0.2) is 12.4 Å². The smallest absolute Gasteiger partial charge is 0.416 e. The fourth-order valence-electron chi connectivity index (χ4n) is 3.81. The van der Waals surface area contributed by atoms with Gasteiger partial charge in [0.05, 0.1) is 16.9 Å². The van der Waals surface area contributed by atoms with E-state index in [0.717, 1.165) is 41.3 Å². The third-order valence-electron chi connectivity index (χ3n) is 5.58. The summed E-state index contributed by atoms with van der Waals surface area (Å²) in [6, 6.07) is 16.5. The molecule has 0 spiro atoms. The predicted molar refractivity (Wildman–Crippen MR) is 121 cm³/mol. The monoisotopic (exact) mass is 503 g/mol. The van der Waals surface area contributed by atoms with Crippen molar-refractivity contribution >= 4 is 21.8 Å². The summed E-state index contributed by atoms with van der Waals surface area (Å²) >= 11 is 0. The standard InChI is InChI=1S/C25H20F3NO5S/c26-25(27,28)19-5-3-6-20(14-19)35(32,33)29-11-10-24(31)34-15-23(30)18-9-8-17-12-16-4-1-2-7-21(16)22(17)13-18/h1-9,13-14,29H,10-12,15H2. The van der Waals surface area contributed by atoms with Crippen LogP contribution in [-0.2, 0) is 32.2 Å². The van der Waals surface area contributed by atoms with E-state index in [9.17, 15) is 31.2 Å². The second-order valence-electron chi connectivity index (χ2n) is 7.96. The van der Waals surface area contributed by atoms with E-state index in [1.807, 2.05) is 30.3 Å². The number of benzene rings is 3. The van der Waals surface area contributed by atoms with Crippen LogP contribution in [0.4, 0.5) is 13.2 Å². The van der Waals surface area contributed by atoms with Crippen molar-refractivity contribution in [1.82, 2.24) is 4.72 Å². The van der Waals surface area contributed by atoms with Crippen LogP contribution in [0.1, 0.15) is 33.5 Å². The largest absolute Gasteiger partial charge is 0.457 e. The van der Waals surface area contributed by atoms with Gasteiger partial charge in [-0.25, -0.2) is 13.1 Å². The zero-order valence-corrected chi connectivity index (χ0v) is 19.1. The number of halogens is 3. The molecular formula is C25H20F3NO5S. The van der Waals surface area contributed by atoms with Crippen LogP contribution >= 0.6 is 0 Å². The highest BCUT2D eigenvalue weighted by molar-refractivity contribution is 7.89. The lowest BCUT2D eigenvalue weighted by Crippen LogP contribution is -2.27. The molecule has 35 heavy (non-hydrogen) atoms. The molecule has 0 fully saturated rings. The Labute approximate surface area is 199 Å². The molecular weight excluding hydrogens is 483 g/mol. The third kappa shape index (κ3) is 5.60. The SMILES string of the molecule is O=C(CCNS(=O)(=O)c1cccc(C(F)(F)F)c1)OCC(=O)c1ccc2c(c1)-c1ccccc1C2. The molecule has 0 unspecified atom stereocenters. The summed E-state index contributed by atoms with van der Waals surface area (Å²) in [5.41, 5.74) is 3.58. The Bertz CT molecular complexity index is 1400. The highest BCUT2D eigenvalue weighted by Crippen LogP contribution is 2.37. The van der Waals surface area contributed by atoms with Crippen LogP contribution in [0.3, 0.4) is 0 Å². The molecule has 1 aliphatic rings. The van der Waals surface area contributed by atoms with Crippen molar-refractivity contribution in [2.75, 3.05) is 13.2 Å². The lowest BCUT2D eigenvalue weighted by molar-refractivity contribution is -0.142. The topological polar surface area (TPSA) is 89.5 Å². The normalized spacial score (nSPS) is 12.7. The molecule has 10 heteroatoms. The van der Waals surface area contributed by atoms with Crippen LogP contribution < -0.4 is 4.72 Å². The molecule has 1 N–H and O–H groups in total. The van der Waals surface area contributed by atoms with Crippen molar-refractivity contribution in [3.05, 3.63) is 89.0 Å². The summed E-state index contributed by atoms with van der Waals surface area (Å²) < 4.78 is 69.9. The lowest BCUT2D eigenvalue weighted by Gasteiger charge is -2.10. The number of rotatable bonds is 8. The van der Waals surface area contributed by atoms with Crippen LogP contribution in [0.25, 0.3) is 11.1 Å². The predicted octanol–water partition coefficient (Wildman–Crippen LogP) is 4.37. The Morgan fingerprint density at radius 3 is 2.43 bits per heavy atom.